The molecule has 1 saturated heterocycles. The molecule has 2 rings (SSSR count). The standard InChI is InChI=1S/C15H28N2O3/c1-3-20-14(18)15(16-2)7-4-6-13(12-15)17-8-5-10-19-11-9-17/h13,16H,3-12H2,1-2H3. The lowest BCUT2D eigenvalue weighted by atomic mass is 9.78. The first kappa shape index (κ1) is 15.7. The summed E-state index contributed by atoms with van der Waals surface area (Å²) in [5, 5.41) is 3.25. The third kappa shape index (κ3) is 3.51. The Labute approximate surface area is 122 Å². The Kier molecular flexibility index (Phi) is 5.81. The molecule has 20 heavy (non-hydrogen) atoms. The molecule has 5 heteroatoms. The molecule has 5 nitrogen and oxygen atoms in total. The molecule has 1 N–H and O–H groups in total. The number of hydrogen-bond donors (Lipinski definition) is 1. The van der Waals surface area contributed by atoms with Crippen LogP contribution >= 0.6 is 0 Å². The maximum absolute atomic E-state index is 12.3. The van der Waals surface area contributed by atoms with Crippen molar-refractivity contribution in [1.82, 2.24) is 10.2 Å². The Bertz CT molecular complexity index is 316. The average molecular weight is 284 g/mol. The minimum Gasteiger partial charge on any atom is -0.465 e. The van der Waals surface area contributed by atoms with E-state index in [-0.39, 0.29) is 5.97 Å². The first-order chi connectivity index (χ1) is 9.72. The molecule has 0 spiro atoms. The van der Waals surface area contributed by atoms with Gasteiger partial charge < -0.3 is 14.8 Å². The van der Waals surface area contributed by atoms with Gasteiger partial charge in [0.2, 0.25) is 0 Å². The van der Waals surface area contributed by atoms with Gasteiger partial charge in [0, 0.05) is 25.7 Å². The van der Waals surface area contributed by atoms with E-state index < -0.39 is 5.54 Å². The zero-order valence-corrected chi connectivity index (χ0v) is 12.8. The summed E-state index contributed by atoms with van der Waals surface area (Å²) >= 11 is 0. The Balaban J connectivity index is 2.03. The van der Waals surface area contributed by atoms with Crippen LogP contribution in [0.3, 0.4) is 0 Å². The number of likely N-dealkylation sites (N-methyl/N-ethyl adjacent to an activating group) is 1. The van der Waals surface area contributed by atoms with Crippen LogP contribution in [0.2, 0.25) is 0 Å². The van der Waals surface area contributed by atoms with Crippen LogP contribution in [0.5, 0.6) is 0 Å². The summed E-state index contributed by atoms with van der Waals surface area (Å²) < 4.78 is 10.8. The Hall–Kier alpha value is -0.650. The molecule has 1 saturated carbocycles. The van der Waals surface area contributed by atoms with Crippen molar-refractivity contribution in [1.29, 1.82) is 0 Å². The monoisotopic (exact) mass is 284 g/mol. The third-order valence-electron chi connectivity index (χ3n) is 4.64. The summed E-state index contributed by atoms with van der Waals surface area (Å²) in [5.74, 6) is -0.0849. The van der Waals surface area contributed by atoms with Gasteiger partial charge in [0.1, 0.15) is 5.54 Å². The zero-order valence-electron chi connectivity index (χ0n) is 12.8. The fourth-order valence-corrected chi connectivity index (χ4v) is 3.47. The van der Waals surface area contributed by atoms with Gasteiger partial charge in [-0.3, -0.25) is 9.69 Å². The maximum Gasteiger partial charge on any atom is 0.326 e. The molecule has 0 radical (unpaired) electrons. The number of nitrogens with one attached hydrogen (secondary N) is 1. The van der Waals surface area contributed by atoms with E-state index in [4.69, 9.17) is 9.47 Å². The highest BCUT2D eigenvalue weighted by Crippen LogP contribution is 2.32. The lowest BCUT2D eigenvalue weighted by molar-refractivity contribution is -0.153. The van der Waals surface area contributed by atoms with Gasteiger partial charge in [-0.25, -0.2) is 0 Å². The predicted molar refractivity (Wildman–Crippen MR) is 77.7 cm³/mol. The molecule has 0 aromatic carbocycles. The van der Waals surface area contributed by atoms with Crippen molar-refractivity contribution in [3.05, 3.63) is 0 Å². The van der Waals surface area contributed by atoms with Crippen LogP contribution in [0, 0.1) is 0 Å². The number of rotatable bonds is 4. The van der Waals surface area contributed by atoms with E-state index in [0.29, 0.717) is 12.6 Å². The van der Waals surface area contributed by atoms with Gasteiger partial charge in [0.25, 0.3) is 0 Å². The van der Waals surface area contributed by atoms with E-state index in [2.05, 4.69) is 10.2 Å². The lowest BCUT2D eigenvalue weighted by Crippen LogP contribution is -2.58. The fourth-order valence-electron chi connectivity index (χ4n) is 3.47. The second-order valence-corrected chi connectivity index (χ2v) is 5.80. The third-order valence-corrected chi connectivity index (χ3v) is 4.64. The highest BCUT2D eigenvalue weighted by atomic mass is 16.5. The Morgan fingerprint density at radius 1 is 1.40 bits per heavy atom. The summed E-state index contributed by atoms with van der Waals surface area (Å²) in [6, 6.07) is 0.460. The van der Waals surface area contributed by atoms with E-state index in [9.17, 15) is 4.79 Å². The van der Waals surface area contributed by atoms with Gasteiger partial charge in [-0.05, 0) is 46.1 Å². The summed E-state index contributed by atoms with van der Waals surface area (Å²) in [6.07, 6.45) is 5.05. The highest BCUT2D eigenvalue weighted by Gasteiger charge is 2.44. The van der Waals surface area contributed by atoms with Crippen molar-refractivity contribution < 1.29 is 14.3 Å². The number of esters is 1. The van der Waals surface area contributed by atoms with Crippen molar-refractivity contribution in [2.24, 2.45) is 0 Å². The highest BCUT2D eigenvalue weighted by molar-refractivity contribution is 5.81. The molecule has 116 valence electrons. The van der Waals surface area contributed by atoms with Crippen molar-refractivity contribution in [2.45, 2.75) is 50.6 Å². The smallest absolute Gasteiger partial charge is 0.326 e. The minimum atomic E-state index is -0.494. The topological polar surface area (TPSA) is 50.8 Å². The number of hydrogen-bond acceptors (Lipinski definition) is 5. The van der Waals surface area contributed by atoms with E-state index in [1.54, 1.807) is 0 Å². The first-order valence-electron chi connectivity index (χ1n) is 7.90. The van der Waals surface area contributed by atoms with E-state index >= 15 is 0 Å². The number of carbonyl (C=O) groups excluding carboxylic acids is 1. The molecule has 1 heterocycles. The van der Waals surface area contributed by atoms with Crippen LogP contribution in [0.15, 0.2) is 0 Å². The summed E-state index contributed by atoms with van der Waals surface area (Å²) in [5.41, 5.74) is -0.494. The quantitative estimate of drug-likeness (QED) is 0.786. The lowest BCUT2D eigenvalue weighted by Gasteiger charge is -2.42. The zero-order chi connectivity index (χ0) is 14.4. The van der Waals surface area contributed by atoms with E-state index in [0.717, 1.165) is 52.0 Å². The molecule has 0 aromatic heterocycles. The number of ether oxygens (including phenoxy) is 2. The van der Waals surface area contributed by atoms with Crippen LogP contribution in [-0.4, -0.2) is 62.4 Å². The molecule has 0 bridgehead atoms. The van der Waals surface area contributed by atoms with Crippen LogP contribution in [0.25, 0.3) is 0 Å². The molecule has 2 aliphatic rings. The van der Waals surface area contributed by atoms with Crippen LogP contribution < -0.4 is 5.32 Å². The van der Waals surface area contributed by atoms with Gasteiger partial charge in [-0.2, -0.15) is 0 Å². The van der Waals surface area contributed by atoms with Crippen LogP contribution in [-0.2, 0) is 14.3 Å². The molecule has 0 aromatic rings. The largest absolute Gasteiger partial charge is 0.465 e. The van der Waals surface area contributed by atoms with E-state index in [1.165, 1.54) is 6.42 Å². The summed E-state index contributed by atoms with van der Waals surface area (Å²) in [6.45, 7) is 6.04. The Morgan fingerprint density at radius 2 is 2.25 bits per heavy atom. The normalized spacial score (nSPS) is 32.6. The second kappa shape index (κ2) is 7.38. The van der Waals surface area contributed by atoms with E-state index in [1.807, 2.05) is 14.0 Å². The summed E-state index contributed by atoms with van der Waals surface area (Å²) in [4.78, 5) is 14.8. The fraction of sp³-hybridized carbons (Fsp3) is 0.933. The minimum absolute atomic E-state index is 0.0849. The van der Waals surface area contributed by atoms with Crippen LogP contribution in [0.4, 0.5) is 0 Å². The van der Waals surface area contributed by atoms with Crippen LogP contribution in [0.1, 0.15) is 39.0 Å². The van der Waals surface area contributed by atoms with Gasteiger partial charge in [0.15, 0.2) is 0 Å². The van der Waals surface area contributed by atoms with Crippen molar-refractivity contribution in [3.8, 4) is 0 Å². The molecular weight excluding hydrogens is 256 g/mol. The molecule has 1 aliphatic carbocycles. The number of nitrogens with zero attached hydrogens (tertiary/aromatic N) is 1. The Morgan fingerprint density at radius 3 is 3.00 bits per heavy atom. The van der Waals surface area contributed by atoms with Gasteiger partial charge in [-0.1, -0.05) is 0 Å². The molecule has 2 atom stereocenters. The van der Waals surface area contributed by atoms with Gasteiger partial charge in [0.05, 0.1) is 13.2 Å². The van der Waals surface area contributed by atoms with Gasteiger partial charge >= 0.3 is 5.97 Å². The van der Waals surface area contributed by atoms with Crippen molar-refractivity contribution >= 4 is 5.97 Å². The van der Waals surface area contributed by atoms with Gasteiger partial charge in [-0.15, -0.1) is 0 Å². The molecule has 2 unspecified atom stereocenters. The van der Waals surface area contributed by atoms with Crippen molar-refractivity contribution in [2.75, 3.05) is 40.0 Å². The number of carbonyl (C=O) groups is 1. The predicted octanol–water partition coefficient (Wildman–Crippen LogP) is 1.17. The maximum atomic E-state index is 12.3. The molecule has 1 aliphatic heterocycles. The SMILES string of the molecule is CCOC(=O)C1(NC)CCCC(N2CCCOCC2)C1. The molecule has 0 amide bonds. The average Bonchev–Trinajstić information content (AvgIpc) is 2.76. The second-order valence-electron chi connectivity index (χ2n) is 5.80. The van der Waals surface area contributed by atoms with Crippen molar-refractivity contribution in [3.63, 3.8) is 0 Å². The molecule has 2 fully saturated rings. The summed E-state index contributed by atoms with van der Waals surface area (Å²) in [7, 11) is 1.88. The molecular formula is C15H28N2O3. The first-order valence-corrected chi connectivity index (χ1v) is 7.90.